The van der Waals surface area contributed by atoms with Gasteiger partial charge in [-0.25, -0.2) is 4.39 Å². The lowest BCUT2D eigenvalue weighted by Gasteiger charge is -2.32. The van der Waals surface area contributed by atoms with Gasteiger partial charge in [-0.1, -0.05) is 20.3 Å². The van der Waals surface area contributed by atoms with E-state index in [9.17, 15) is 4.39 Å². The smallest absolute Gasteiger partial charge is 0.118 e. The van der Waals surface area contributed by atoms with E-state index in [0.29, 0.717) is 12.6 Å². The minimum Gasteiger partial charge on any atom is -0.293 e. The van der Waals surface area contributed by atoms with Crippen LogP contribution in [0, 0.1) is 6.08 Å². The second-order valence-electron chi connectivity index (χ2n) is 3.65. The minimum absolute atomic E-state index is 0.0687. The van der Waals surface area contributed by atoms with E-state index in [0.717, 1.165) is 19.4 Å². The zero-order valence-electron chi connectivity index (χ0n) is 8.65. The molecule has 0 spiro atoms. The first-order valence-corrected chi connectivity index (χ1v) is 5.27. The molecule has 0 aliphatic carbocycles. The lowest BCUT2D eigenvalue weighted by molar-refractivity contribution is 0.176. The fourth-order valence-electron chi connectivity index (χ4n) is 1.94. The largest absolute Gasteiger partial charge is 0.293 e. The van der Waals surface area contributed by atoms with Crippen molar-refractivity contribution in [1.82, 2.24) is 4.90 Å². The fourth-order valence-corrected chi connectivity index (χ4v) is 1.94. The molecule has 0 bridgehead atoms. The van der Waals surface area contributed by atoms with Crippen LogP contribution in [-0.4, -0.2) is 24.0 Å². The standard InChI is InChI=1S/C11H19FN/c1-3-6-11(4-2)13-8-5-7-10(12)9-13/h11H,3-6,8-9H2,1-2H3. The van der Waals surface area contributed by atoms with Gasteiger partial charge in [0.1, 0.15) is 5.83 Å². The first-order valence-electron chi connectivity index (χ1n) is 5.27. The summed E-state index contributed by atoms with van der Waals surface area (Å²) < 4.78 is 12.9. The van der Waals surface area contributed by atoms with E-state index < -0.39 is 0 Å². The van der Waals surface area contributed by atoms with E-state index in [1.807, 2.05) is 0 Å². The first-order chi connectivity index (χ1) is 6.27. The number of nitrogens with zero attached hydrogens (tertiary/aromatic N) is 1. The summed E-state index contributed by atoms with van der Waals surface area (Å²) >= 11 is 0. The Bertz CT molecular complexity index is 177. The van der Waals surface area contributed by atoms with Crippen LogP contribution in [0.4, 0.5) is 4.39 Å². The van der Waals surface area contributed by atoms with Crippen molar-refractivity contribution in [2.24, 2.45) is 0 Å². The molecule has 0 saturated heterocycles. The first kappa shape index (κ1) is 10.7. The second-order valence-corrected chi connectivity index (χ2v) is 3.65. The van der Waals surface area contributed by atoms with Crippen molar-refractivity contribution in [3.63, 3.8) is 0 Å². The zero-order chi connectivity index (χ0) is 9.68. The molecule has 1 nitrogen and oxygen atoms in total. The summed E-state index contributed by atoms with van der Waals surface area (Å²) in [6.07, 6.45) is 6.99. The van der Waals surface area contributed by atoms with Gasteiger partial charge >= 0.3 is 0 Å². The molecule has 0 amide bonds. The van der Waals surface area contributed by atoms with Crippen molar-refractivity contribution >= 4 is 0 Å². The molecule has 75 valence electrons. The normalized spacial score (nSPS) is 21.3. The average molecular weight is 184 g/mol. The predicted octanol–water partition coefficient (Wildman–Crippen LogP) is 2.93. The molecule has 1 atom stereocenters. The molecule has 1 unspecified atom stereocenters. The highest BCUT2D eigenvalue weighted by Crippen LogP contribution is 2.17. The second kappa shape index (κ2) is 5.38. The molecule has 0 fully saturated rings. The van der Waals surface area contributed by atoms with Crippen LogP contribution in [0.25, 0.3) is 0 Å². The molecule has 1 radical (unpaired) electrons. The van der Waals surface area contributed by atoms with Gasteiger partial charge < -0.3 is 0 Å². The summed E-state index contributed by atoms with van der Waals surface area (Å²) in [5.74, 6) is -0.0687. The maximum Gasteiger partial charge on any atom is 0.118 e. The monoisotopic (exact) mass is 184 g/mol. The van der Waals surface area contributed by atoms with Crippen molar-refractivity contribution in [2.45, 2.75) is 45.6 Å². The van der Waals surface area contributed by atoms with Crippen LogP contribution in [0.2, 0.25) is 0 Å². The molecule has 13 heavy (non-hydrogen) atoms. The zero-order valence-corrected chi connectivity index (χ0v) is 8.65. The van der Waals surface area contributed by atoms with E-state index in [4.69, 9.17) is 0 Å². The summed E-state index contributed by atoms with van der Waals surface area (Å²) in [5, 5.41) is 0. The minimum atomic E-state index is -0.0687. The Morgan fingerprint density at radius 1 is 1.54 bits per heavy atom. The highest BCUT2D eigenvalue weighted by Gasteiger charge is 2.19. The van der Waals surface area contributed by atoms with Gasteiger partial charge in [0.05, 0.1) is 6.54 Å². The Hall–Kier alpha value is -0.370. The maximum absolute atomic E-state index is 12.9. The number of hydrogen-bond donors (Lipinski definition) is 0. The van der Waals surface area contributed by atoms with Crippen LogP contribution in [0.5, 0.6) is 0 Å². The van der Waals surface area contributed by atoms with Gasteiger partial charge in [0.2, 0.25) is 0 Å². The molecule has 0 aromatic carbocycles. The Kier molecular flexibility index (Phi) is 4.43. The van der Waals surface area contributed by atoms with Crippen molar-refractivity contribution < 1.29 is 4.39 Å². The van der Waals surface area contributed by atoms with Gasteiger partial charge in [0, 0.05) is 12.6 Å². The van der Waals surface area contributed by atoms with Gasteiger partial charge in [0.25, 0.3) is 0 Å². The third-order valence-corrected chi connectivity index (χ3v) is 2.67. The van der Waals surface area contributed by atoms with E-state index in [2.05, 4.69) is 24.8 Å². The van der Waals surface area contributed by atoms with E-state index in [1.54, 1.807) is 0 Å². The van der Waals surface area contributed by atoms with Gasteiger partial charge in [-0.2, -0.15) is 0 Å². The quantitative estimate of drug-likeness (QED) is 0.649. The molecule has 1 rings (SSSR count). The lowest BCUT2D eigenvalue weighted by atomic mass is 10.1. The summed E-state index contributed by atoms with van der Waals surface area (Å²) in [4.78, 5) is 2.25. The van der Waals surface area contributed by atoms with Gasteiger partial charge in [-0.15, -0.1) is 0 Å². The van der Waals surface area contributed by atoms with Crippen LogP contribution < -0.4 is 0 Å². The Morgan fingerprint density at radius 2 is 2.31 bits per heavy atom. The van der Waals surface area contributed by atoms with Crippen molar-refractivity contribution in [1.29, 1.82) is 0 Å². The van der Waals surface area contributed by atoms with Crippen LogP contribution in [0.1, 0.15) is 39.5 Å². The highest BCUT2D eigenvalue weighted by atomic mass is 19.1. The van der Waals surface area contributed by atoms with Crippen molar-refractivity contribution in [3.05, 3.63) is 11.9 Å². The summed E-state index contributed by atoms with van der Waals surface area (Å²) in [6, 6.07) is 0.567. The van der Waals surface area contributed by atoms with E-state index in [1.165, 1.54) is 12.8 Å². The van der Waals surface area contributed by atoms with E-state index >= 15 is 0 Å². The van der Waals surface area contributed by atoms with Crippen LogP contribution in [-0.2, 0) is 0 Å². The molecule has 0 saturated carbocycles. The van der Waals surface area contributed by atoms with Crippen molar-refractivity contribution in [2.75, 3.05) is 13.1 Å². The topological polar surface area (TPSA) is 3.24 Å². The maximum atomic E-state index is 12.9. The molecule has 2 heteroatoms. The van der Waals surface area contributed by atoms with Gasteiger partial charge in [0.15, 0.2) is 0 Å². The highest BCUT2D eigenvalue weighted by molar-refractivity contribution is 4.95. The molecule has 1 aliphatic heterocycles. The molecule has 1 heterocycles. The van der Waals surface area contributed by atoms with Gasteiger partial charge in [-0.3, -0.25) is 4.90 Å². The Morgan fingerprint density at radius 3 is 2.85 bits per heavy atom. The average Bonchev–Trinajstić information content (AvgIpc) is 2.14. The molecular formula is C11H19FN. The van der Waals surface area contributed by atoms with Crippen LogP contribution in [0.3, 0.4) is 0 Å². The third kappa shape index (κ3) is 3.11. The fraction of sp³-hybridized carbons (Fsp3) is 0.818. The molecule has 1 aliphatic rings. The van der Waals surface area contributed by atoms with Gasteiger partial charge in [-0.05, 0) is 25.3 Å². The molecule has 0 aromatic heterocycles. The number of hydrogen-bond acceptors (Lipinski definition) is 1. The predicted molar refractivity (Wildman–Crippen MR) is 53.0 cm³/mol. The molecule has 0 N–H and O–H groups in total. The lowest BCUT2D eigenvalue weighted by Crippen LogP contribution is -2.38. The SMILES string of the molecule is CCCC(CC)N1CC[C]=C(F)C1. The third-order valence-electron chi connectivity index (χ3n) is 2.67. The summed E-state index contributed by atoms with van der Waals surface area (Å²) in [7, 11) is 0. The molecule has 0 aromatic rings. The summed E-state index contributed by atoms with van der Waals surface area (Å²) in [6.45, 7) is 5.83. The summed E-state index contributed by atoms with van der Waals surface area (Å²) in [5.41, 5.74) is 0. The van der Waals surface area contributed by atoms with Crippen LogP contribution in [0.15, 0.2) is 5.83 Å². The van der Waals surface area contributed by atoms with Crippen molar-refractivity contribution in [3.8, 4) is 0 Å². The van der Waals surface area contributed by atoms with E-state index in [-0.39, 0.29) is 5.83 Å². The Labute approximate surface area is 80.6 Å². The Balaban J connectivity index is 2.45. The number of halogens is 1. The molecular weight excluding hydrogens is 165 g/mol. The number of rotatable bonds is 4. The van der Waals surface area contributed by atoms with Crippen LogP contribution >= 0.6 is 0 Å².